The van der Waals surface area contributed by atoms with Crippen molar-refractivity contribution >= 4 is 5.69 Å². The number of aryl methyl sites for hydroxylation is 2. The van der Waals surface area contributed by atoms with Gasteiger partial charge >= 0.3 is 0 Å². The zero-order valence-electron chi connectivity index (χ0n) is 12.4. The molecule has 2 N–H and O–H groups in total. The van der Waals surface area contributed by atoms with E-state index in [9.17, 15) is 0 Å². The average molecular weight is 277 g/mol. The topological polar surface area (TPSA) is 43.8 Å². The molecule has 21 heavy (non-hydrogen) atoms. The molecule has 1 heterocycles. The van der Waals surface area contributed by atoms with Crippen LogP contribution in [0.3, 0.4) is 0 Å². The molecular weight excluding hydrogens is 258 g/mol. The van der Waals surface area contributed by atoms with E-state index in [1.807, 2.05) is 31.2 Å². The lowest BCUT2D eigenvalue weighted by molar-refractivity contribution is 0.801. The van der Waals surface area contributed by atoms with Crippen molar-refractivity contribution in [2.24, 2.45) is 0 Å². The number of nitrogens with two attached hydrogens (primary N) is 1. The van der Waals surface area contributed by atoms with E-state index >= 15 is 0 Å². The molecule has 0 fully saturated rings. The minimum Gasteiger partial charge on any atom is -0.399 e. The summed E-state index contributed by atoms with van der Waals surface area (Å²) in [6.07, 6.45) is 2.10. The minimum absolute atomic E-state index is 0.771. The first-order valence-electron chi connectivity index (χ1n) is 7.07. The standard InChI is InChI=1S/C18H19N3/c1-13-5-3-4-6-16(13)12-21-11-14(2)20-18(21)15-7-9-17(19)10-8-15/h3-11H,12,19H2,1-2H3. The summed E-state index contributed by atoms with van der Waals surface area (Å²) in [4.78, 5) is 4.66. The van der Waals surface area contributed by atoms with Gasteiger partial charge in [-0.15, -0.1) is 0 Å². The maximum Gasteiger partial charge on any atom is 0.140 e. The lowest BCUT2D eigenvalue weighted by Crippen LogP contribution is -2.02. The lowest BCUT2D eigenvalue weighted by Gasteiger charge is -2.10. The van der Waals surface area contributed by atoms with Crippen molar-refractivity contribution in [2.75, 3.05) is 5.73 Å². The second-order valence-corrected chi connectivity index (χ2v) is 5.38. The van der Waals surface area contributed by atoms with E-state index in [1.165, 1.54) is 11.1 Å². The van der Waals surface area contributed by atoms with Gasteiger partial charge in [0.1, 0.15) is 5.82 Å². The Balaban J connectivity index is 2.00. The van der Waals surface area contributed by atoms with Gasteiger partial charge in [-0.2, -0.15) is 0 Å². The van der Waals surface area contributed by atoms with Crippen molar-refractivity contribution in [3.63, 3.8) is 0 Å². The van der Waals surface area contributed by atoms with E-state index in [1.54, 1.807) is 0 Å². The summed E-state index contributed by atoms with van der Waals surface area (Å²) in [5, 5.41) is 0. The maximum atomic E-state index is 5.76. The van der Waals surface area contributed by atoms with Crippen LogP contribution in [0.25, 0.3) is 11.4 Å². The third-order valence-corrected chi connectivity index (χ3v) is 3.67. The number of benzene rings is 2. The molecule has 0 saturated carbocycles. The first kappa shape index (κ1) is 13.4. The highest BCUT2D eigenvalue weighted by molar-refractivity contribution is 5.59. The molecule has 106 valence electrons. The number of aromatic nitrogens is 2. The van der Waals surface area contributed by atoms with Crippen LogP contribution in [0, 0.1) is 13.8 Å². The van der Waals surface area contributed by atoms with Gasteiger partial charge in [-0.05, 0) is 49.2 Å². The average Bonchev–Trinajstić information content (AvgIpc) is 2.83. The summed E-state index contributed by atoms with van der Waals surface area (Å²) in [7, 11) is 0. The third kappa shape index (κ3) is 2.82. The predicted molar refractivity (Wildman–Crippen MR) is 87.1 cm³/mol. The van der Waals surface area contributed by atoms with E-state index in [2.05, 4.69) is 46.9 Å². The van der Waals surface area contributed by atoms with Crippen LogP contribution in [0.2, 0.25) is 0 Å². The highest BCUT2D eigenvalue weighted by atomic mass is 15.1. The van der Waals surface area contributed by atoms with Gasteiger partial charge in [0.2, 0.25) is 0 Å². The zero-order valence-corrected chi connectivity index (χ0v) is 12.4. The van der Waals surface area contributed by atoms with Gasteiger partial charge in [0.15, 0.2) is 0 Å². The monoisotopic (exact) mass is 277 g/mol. The smallest absolute Gasteiger partial charge is 0.140 e. The summed E-state index contributed by atoms with van der Waals surface area (Å²) in [6.45, 7) is 4.99. The molecule has 0 aliphatic heterocycles. The van der Waals surface area contributed by atoms with Crippen LogP contribution in [0.1, 0.15) is 16.8 Å². The van der Waals surface area contributed by atoms with E-state index in [0.29, 0.717) is 0 Å². The minimum atomic E-state index is 0.771. The first-order valence-corrected chi connectivity index (χ1v) is 7.07. The molecule has 0 saturated heterocycles. The first-order chi connectivity index (χ1) is 10.1. The fourth-order valence-corrected chi connectivity index (χ4v) is 2.50. The number of imidazole rings is 1. The number of nitrogen functional groups attached to an aromatic ring is 1. The number of hydrogen-bond donors (Lipinski definition) is 1. The molecule has 0 spiro atoms. The van der Waals surface area contributed by atoms with Crippen LogP contribution in [0.5, 0.6) is 0 Å². The molecule has 0 aliphatic carbocycles. The van der Waals surface area contributed by atoms with E-state index < -0.39 is 0 Å². The normalized spacial score (nSPS) is 10.8. The van der Waals surface area contributed by atoms with Crippen LogP contribution in [0.15, 0.2) is 54.7 Å². The highest BCUT2D eigenvalue weighted by Gasteiger charge is 2.09. The number of rotatable bonds is 3. The fraction of sp³-hybridized carbons (Fsp3) is 0.167. The van der Waals surface area contributed by atoms with Crippen molar-refractivity contribution in [1.82, 2.24) is 9.55 Å². The van der Waals surface area contributed by atoms with Gasteiger partial charge < -0.3 is 10.3 Å². The number of hydrogen-bond acceptors (Lipinski definition) is 2. The Bertz CT molecular complexity index is 754. The van der Waals surface area contributed by atoms with Gasteiger partial charge in [0, 0.05) is 24.0 Å². The van der Waals surface area contributed by atoms with Crippen molar-refractivity contribution in [3.05, 3.63) is 71.5 Å². The summed E-state index contributed by atoms with van der Waals surface area (Å²) in [5.41, 5.74) is 11.3. The molecule has 3 aromatic rings. The Morgan fingerprint density at radius 3 is 2.43 bits per heavy atom. The van der Waals surface area contributed by atoms with Gasteiger partial charge in [0.25, 0.3) is 0 Å². The van der Waals surface area contributed by atoms with Crippen molar-refractivity contribution in [2.45, 2.75) is 20.4 Å². The van der Waals surface area contributed by atoms with Crippen molar-refractivity contribution in [3.8, 4) is 11.4 Å². The number of anilines is 1. The molecule has 0 radical (unpaired) electrons. The summed E-state index contributed by atoms with van der Waals surface area (Å²) in [5.74, 6) is 0.982. The van der Waals surface area contributed by atoms with Gasteiger partial charge in [0.05, 0.1) is 5.69 Å². The van der Waals surface area contributed by atoms with Crippen LogP contribution >= 0.6 is 0 Å². The molecule has 0 amide bonds. The predicted octanol–water partition coefficient (Wildman–Crippen LogP) is 3.80. The van der Waals surface area contributed by atoms with Crippen LogP contribution in [0.4, 0.5) is 5.69 Å². The molecule has 3 heteroatoms. The molecule has 0 bridgehead atoms. The summed E-state index contributed by atoms with van der Waals surface area (Å²) in [6, 6.07) is 16.3. The van der Waals surface area contributed by atoms with Gasteiger partial charge in [-0.3, -0.25) is 0 Å². The number of nitrogens with zero attached hydrogens (tertiary/aromatic N) is 2. The Morgan fingerprint density at radius 2 is 1.71 bits per heavy atom. The Morgan fingerprint density at radius 1 is 1.00 bits per heavy atom. The molecule has 0 unspecified atom stereocenters. The summed E-state index contributed by atoms with van der Waals surface area (Å²) < 4.78 is 2.20. The SMILES string of the molecule is Cc1cn(Cc2ccccc2C)c(-c2ccc(N)cc2)n1. The lowest BCUT2D eigenvalue weighted by atomic mass is 10.1. The van der Waals surface area contributed by atoms with Gasteiger partial charge in [-0.1, -0.05) is 24.3 Å². The zero-order chi connectivity index (χ0) is 14.8. The maximum absolute atomic E-state index is 5.76. The second kappa shape index (κ2) is 5.44. The van der Waals surface area contributed by atoms with E-state index in [0.717, 1.165) is 29.3 Å². The highest BCUT2D eigenvalue weighted by Crippen LogP contribution is 2.22. The van der Waals surface area contributed by atoms with Gasteiger partial charge in [-0.25, -0.2) is 4.98 Å². The molecule has 1 aromatic heterocycles. The van der Waals surface area contributed by atoms with Crippen LogP contribution in [-0.4, -0.2) is 9.55 Å². The fourth-order valence-electron chi connectivity index (χ4n) is 2.50. The molecule has 2 aromatic carbocycles. The molecule has 0 aliphatic rings. The second-order valence-electron chi connectivity index (χ2n) is 5.38. The molecule has 3 nitrogen and oxygen atoms in total. The Hall–Kier alpha value is -2.55. The molecule has 0 atom stereocenters. The Labute approximate surface area is 125 Å². The third-order valence-electron chi connectivity index (χ3n) is 3.67. The van der Waals surface area contributed by atoms with Crippen molar-refractivity contribution in [1.29, 1.82) is 0 Å². The van der Waals surface area contributed by atoms with Crippen LogP contribution < -0.4 is 5.73 Å². The van der Waals surface area contributed by atoms with E-state index in [4.69, 9.17) is 5.73 Å². The summed E-state index contributed by atoms with van der Waals surface area (Å²) >= 11 is 0. The van der Waals surface area contributed by atoms with E-state index in [-0.39, 0.29) is 0 Å². The van der Waals surface area contributed by atoms with Crippen LogP contribution in [-0.2, 0) is 6.54 Å². The van der Waals surface area contributed by atoms with Crippen molar-refractivity contribution < 1.29 is 0 Å². The quantitative estimate of drug-likeness (QED) is 0.740. The molecular formula is C18H19N3. The molecule has 3 rings (SSSR count). The largest absolute Gasteiger partial charge is 0.399 e. The Kier molecular flexibility index (Phi) is 3.48.